The number of ether oxygens (including phenoxy) is 1. The van der Waals surface area contributed by atoms with Crippen LogP contribution in [0.5, 0.6) is 0 Å². The molecule has 0 radical (unpaired) electrons. The summed E-state index contributed by atoms with van der Waals surface area (Å²) in [6.07, 6.45) is 0. The molecular formula is C25H26N4O4. The van der Waals surface area contributed by atoms with E-state index in [1.807, 2.05) is 37.3 Å². The Morgan fingerprint density at radius 1 is 0.788 bits per heavy atom. The SMILES string of the molecule is COC(=O)c1ccc(CNC(=O)N[C@H](C)c2ccc(NC(=O)Nc3ccccc3)cc2)cc1. The van der Waals surface area contributed by atoms with Crippen molar-refractivity contribution < 1.29 is 19.1 Å². The first kappa shape index (κ1) is 23.3. The molecule has 0 spiro atoms. The minimum Gasteiger partial charge on any atom is -0.465 e. The average Bonchev–Trinajstić information content (AvgIpc) is 2.83. The van der Waals surface area contributed by atoms with Crippen LogP contribution in [0.1, 0.15) is 34.5 Å². The van der Waals surface area contributed by atoms with Crippen molar-refractivity contribution in [2.45, 2.75) is 19.5 Å². The zero-order chi connectivity index (χ0) is 23.6. The molecular weight excluding hydrogens is 420 g/mol. The van der Waals surface area contributed by atoms with Gasteiger partial charge in [0, 0.05) is 17.9 Å². The summed E-state index contributed by atoms with van der Waals surface area (Å²) in [5.74, 6) is -0.404. The highest BCUT2D eigenvalue weighted by Crippen LogP contribution is 2.16. The van der Waals surface area contributed by atoms with E-state index in [0.717, 1.165) is 11.1 Å². The molecule has 4 amide bonds. The molecule has 0 aliphatic rings. The molecule has 170 valence electrons. The smallest absolute Gasteiger partial charge is 0.337 e. The van der Waals surface area contributed by atoms with E-state index in [0.29, 0.717) is 23.5 Å². The maximum atomic E-state index is 12.2. The van der Waals surface area contributed by atoms with Crippen LogP contribution in [0.4, 0.5) is 21.0 Å². The van der Waals surface area contributed by atoms with Crippen molar-refractivity contribution >= 4 is 29.4 Å². The molecule has 0 bridgehead atoms. The molecule has 8 nitrogen and oxygen atoms in total. The van der Waals surface area contributed by atoms with Gasteiger partial charge in [-0.05, 0) is 54.4 Å². The summed E-state index contributed by atoms with van der Waals surface area (Å²) < 4.78 is 4.67. The Hall–Kier alpha value is -4.33. The predicted octanol–water partition coefficient (Wildman–Crippen LogP) is 4.68. The molecule has 3 aromatic carbocycles. The zero-order valence-corrected chi connectivity index (χ0v) is 18.4. The average molecular weight is 447 g/mol. The first-order chi connectivity index (χ1) is 15.9. The van der Waals surface area contributed by atoms with Crippen molar-refractivity contribution in [1.29, 1.82) is 0 Å². The number of hydrogen-bond donors (Lipinski definition) is 4. The zero-order valence-electron chi connectivity index (χ0n) is 18.4. The summed E-state index contributed by atoms with van der Waals surface area (Å²) in [6, 6.07) is 22.3. The van der Waals surface area contributed by atoms with Gasteiger partial charge in [0.15, 0.2) is 0 Å². The lowest BCUT2D eigenvalue weighted by Gasteiger charge is -2.16. The number of para-hydroxylation sites is 1. The van der Waals surface area contributed by atoms with Crippen molar-refractivity contribution in [2.24, 2.45) is 0 Å². The van der Waals surface area contributed by atoms with Gasteiger partial charge in [0.1, 0.15) is 0 Å². The van der Waals surface area contributed by atoms with Gasteiger partial charge in [-0.1, -0.05) is 42.5 Å². The van der Waals surface area contributed by atoms with Gasteiger partial charge >= 0.3 is 18.0 Å². The molecule has 8 heteroatoms. The standard InChI is InChI=1S/C25H26N4O4/c1-17(27-24(31)26-16-18-8-10-20(11-9-18)23(30)33-2)19-12-14-22(15-13-19)29-25(32)28-21-6-4-3-5-7-21/h3-15,17H,16H2,1-2H3,(H2,26,27,31)(H2,28,29,32)/t17-/m1/s1. The third kappa shape index (κ3) is 7.10. The molecule has 0 heterocycles. The summed E-state index contributed by atoms with van der Waals surface area (Å²) in [4.78, 5) is 35.8. The molecule has 0 aromatic heterocycles. The fraction of sp³-hybridized carbons (Fsp3) is 0.160. The molecule has 3 rings (SSSR count). The highest BCUT2D eigenvalue weighted by atomic mass is 16.5. The van der Waals surface area contributed by atoms with Crippen LogP contribution < -0.4 is 21.3 Å². The Labute approximate surface area is 192 Å². The third-order valence-electron chi connectivity index (χ3n) is 4.88. The second kappa shape index (κ2) is 11.3. The molecule has 0 fully saturated rings. The topological polar surface area (TPSA) is 109 Å². The summed E-state index contributed by atoms with van der Waals surface area (Å²) >= 11 is 0. The van der Waals surface area contributed by atoms with Gasteiger partial charge in [-0.3, -0.25) is 0 Å². The van der Waals surface area contributed by atoms with Gasteiger partial charge in [0.05, 0.1) is 18.7 Å². The number of carbonyl (C=O) groups is 3. The van der Waals surface area contributed by atoms with Gasteiger partial charge in [0.2, 0.25) is 0 Å². The number of benzene rings is 3. The molecule has 3 aromatic rings. The van der Waals surface area contributed by atoms with E-state index in [-0.39, 0.29) is 18.1 Å². The van der Waals surface area contributed by atoms with Gasteiger partial charge in [-0.2, -0.15) is 0 Å². The lowest BCUT2D eigenvalue weighted by Crippen LogP contribution is -2.36. The van der Waals surface area contributed by atoms with Crippen molar-refractivity contribution in [3.8, 4) is 0 Å². The largest absolute Gasteiger partial charge is 0.465 e. The number of esters is 1. The van der Waals surface area contributed by atoms with E-state index in [4.69, 9.17) is 0 Å². The monoisotopic (exact) mass is 446 g/mol. The quantitative estimate of drug-likeness (QED) is 0.395. The van der Waals surface area contributed by atoms with Crippen molar-refractivity contribution in [2.75, 3.05) is 17.7 Å². The Bertz CT molecular complexity index is 1080. The number of methoxy groups -OCH3 is 1. The van der Waals surface area contributed by atoms with Crippen LogP contribution in [0, 0.1) is 0 Å². The molecule has 33 heavy (non-hydrogen) atoms. The number of nitrogens with one attached hydrogen (secondary N) is 4. The van der Waals surface area contributed by atoms with Gasteiger partial charge in [0.25, 0.3) is 0 Å². The van der Waals surface area contributed by atoms with E-state index in [9.17, 15) is 14.4 Å². The normalized spacial score (nSPS) is 11.1. The lowest BCUT2D eigenvalue weighted by atomic mass is 10.1. The van der Waals surface area contributed by atoms with Crippen LogP contribution in [0.15, 0.2) is 78.9 Å². The number of hydrogen-bond acceptors (Lipinski definition) is 4. The Kier molecular flexibility index (Phi) is 8.02. The van der Waals surface area contributed by atoms with Gasteiger partial charge < -0.3 is 26.0 Å². The molecule has 0 saturated heterocycles. The number of carbonyl (C=O) groups excluding carboxylic acids is 3. The van der Waals surface area contributed by atoms with E-state index in [1.54, 1.807) is 48.5 Å². The number of amides is 4. The highest BCUT2D eigenvalue weighted by Gasteiger charge is 2.10. The van der Waals surface area contributed by atoms with Crippen molar-refractivity contribution in [1.82, 2.24) is 10.6 Å². The molecule has 0 saturated carbocycles. The van der Waals surface area contributed by atoms with E-state index >= 15 is 0 Å². The minimum absolute atomic E-state index is 0.237. The molecule has 0 unspecified atom stereocenters. The minimum atomic E-state index is -0.404. The van der Waals surface area contributed by atoms with Crippen LogP contribution >= 0.6 is 0 Å². The molecule has 0 aliphatic heterocycles. The van der Waals surface area contributed by atoms with E-state index < -0.39 is 5.97 Å². The van der Waals surface area contributed by atoms with Crippen LogP contribution in [-0.4, -0.2) is 25.1 Å². The molecule has 1 atom stereocenters. The van der Waals surface area contributed by atoms with Crippen LogP contribution in [0.2, 0.25) is 0 Å². The lowest BCUT2D eigenvalue weighted by molar-refractivity contribution is 0.0600. The van der Waals surface area contributed by atoms with E-state index in [1.165, 1.54) is 7.11 Å². The van der Waals surface area contributed by atoms with E-state index in [2.05, 4.69) is 26.0 Å². The number of rotatable bonds is 7. The van der Waals surface area contributed by atoms with Crippen LogP contribution in [0.3, 0.4) is 0 Å². The summed E-state index contributed by atoms with van der Waals surface area (Å²) in [6.45, 7) is 2.19. The number of urea groups is 2. The maximum Gasteiger partial charge on any atom is 0.337 e. The summed E-state index contributed by atoms with van der Waals surface area (Å²) in [7, 11) is 1.33. The summed E-state index contributed by atoms with van der Waals surface area (Å²) in [5.41, 5.74) is 3.54. The Balaban J connectivity index is 1.45. The molecule has 0 aliphatic carbocycles. The fourth-order valence-electron chi connectivity index (χ4n) is 3.06. The molecule has 4 N–H and O–H groups in total. The number of anilines is 2. The van der Waals surface area contributed by atoms with Crippen molar-refractivity contribution in [3.05, 3.63) is 95.6 Å². The Morgan fingerprint density at radius 3 is 2.00 bits per heavy atom. The first-order valence-electron chi connectivity index (χ1n) is 10.4. The predicted molar refractivity (Wildman–Crippen MR) is 127 cm³/mol. The van der Waals surface area contributed by atoms with Crippen molar-refractivity contribution in [3.63, 3.8) is 0 Å². The van der Waals surface area contributed by atoms with Crippen LogP contribution in [0.25, 0.3) is 0 Å². The fourth-order valence-corrected chi connectivity index (χ4v) is 3.06. The van der Waals surface area contributed by atoms with Gasteiger partial charge in [-0.15, -0.1) is 0 Å². The maximum absolute atomic E-state index is 12.2. The second-order valence-corrected chi connectivity index (χ2v) is 7.30. The first-order valence-corrected chi connectivity index (χ1v) is 10.4. The Morgan fingerprint density at radius 2 is 1.39 bits per heavy atom. The highest BCUT2D eigenvalue weighted by molar-refractivity contribution is 5.99. The van der Waals surface area contributed by atoms with Crippen LogP contribution in [-0.2, 0) is 11.3 Å². The summed E-state index contributed by atoms with van der Waals surface area (Å²) in [5, 5.41) is 11.2. The third-order valence-corrected chi connectivity index (χ3v) is 4.88. The van der Waals surface area contributed by atoms with Gasteiger partial charge in [-0.25, -0.2) is 14.4 Å². The second-order valence-electron chi connectivity index (χ2n) is 7.30.